The van der Waals surface area contributed by atoms with Gasteiger partial charge in [0.2, 0.25) is 5.88 Å². The number of hydrogen-bond acceptors (Lipinski definition) is 4. The van der Waals surface area contributed by atoms with E-state index in [0.29, 0.717) is 5.88 Å². The molecule has 0 unspecified atom stereocenters. The van der Waals surface area contributed by atoms with Crippen LogP contribution >= 0.6 is 11.3 Å². The Hall–Kier alpha value is -2.85. The van der Waals surface area contributed by atoms with Crippen molar-refractivity contribution in [2.75, 3.05) is 4.90 Å². The molecule has 0 saturated carbocycles. The highest BCUT2D eigenvalue weighted by atomic mass is 32.1. The number of benzene rings is 2. The van der Waals surface area contributed by atoms with Gasteiger partial charge in [0.25, 0.3) is 0 Å². The molecule has 0 aliphatic carbocycles. The lowest BCUT2D eigenvalue weighted by Crippen LogP contribution is -2.19. The van der Waals surface area contributed by atoms with Crippen molar-refractivity contribution in [3.63, 3.8) is 0 Å². The van der Waals surface area contributed by atoms with Crippen molar-refractivity contribution in [2.45, 2.75) is 53.9 Å². The van der Waals surface area contributed by atoms with E-state index in [1.165, 1.54) is 32.6 Å². The first-order chi connectivity index (χ1) is 14.6. The highest BCUT2D eigenvalue weighted by Gasteiger charge is 2.33. The maximum Gasteiger partial charge on any atom is 0.244 e. The Bertz CT molecular complexity index is 1320. The maximum atomic E-state index is 6.43. The first-order valence-electron chi connectivity index (χ1n) is 10.7. The fourth-order valence-corrected chi connectivity index (χ4v) is 5.49. The van der Waals surface area contributed by atoms with Gasteiger partial charge in [-0.3, -0.25) is 4.90 Å². The van der Waals surface area contributed by atoms with Crippen LogP contribution in [-0.2, 0) is 5.41 Å². The van der Waals surface area contributed by atoms with Crippen LogP contribution in [0.3, 0.4) is 0 Å². The smallest absolute Gasteiger partial charge is 0.244 e. The van der Waals surface area contributed by atoms with Crippen LogP contribution < -0.4 is 9.64 Å². The molecule has 1 aliphatic rings. The van der Waals surface area contributed by atoms with Gasteiger partial charge in [0.05, 0.1) is 5.69 Å². The SMILES string of the molecule is Cc1ccc2sc3c(c2c1)Oc1nc(C)ccc1N3c1c(C)cc(C(C)(C)C)cc1C. The van der Waals surface area contributed by atoms with Crippen LogP contribution in [0.15, 0.2) is 42.5 Å². The molecular formula is C27H28N2OS. The third kappa shape index (κ3) is 3.21. The molecule has 0 fully saturated rings. The second kappa shape index (κ2) is 6.83. The number of ether oxygens (including phenoxy) is 1. The largest absolute Gasteiger partial charge is 0.433 e. The van der Waals surface area contributed by atoms with E-state index in [1.54, 1.807) is 11.3 Å². The minimum atomic E-state index is 0.107. The summed E-state index contributed by atoms with van der Waals surface area (Å²) in [4.78, 5) is 7.11. The van der Waals surface area contributed by atoms with Crippen molar-refractivity contribution in [1.82, 2.24) is 4.98 Å². The molecule has 2 aromatic heterocycles. The van der Waals surface area contributed by atoms with Crippen LogP contribution in [0.2, 0.25) is 0 Å². The molecule has 0 atom stereocenters. The van der Waals surface area contributed by atoms with Gasteiger partial charge in [0, 0.05) is 15.8 Å². The Kier molecular flexibility index (Phi) is 4.42. The van der Waals surface area contributed by atoms with Crippen LogP contribution in [0, 0.1) is 27.7 Å². The van der Waals surface area contributed by atoms with E-state index in [9.17, 15) is 0 Å². The van der Waals surface area contributed by atoms with Crippen LogP contribution in [0.4, 0.5) is 16.4 Å². The second-order valence-corrected chi connectivity index (χ2v) is 10.7. The van der Waals surface area contributed by atoms with E-state index in [1.807, 2.05) is 6.92 Å². The fraction of sp³-hybridized carbons (Fsp3) is 0.296. The van der Waals surface area contributed by atoms with Crippen molar-refractivity contribution < 1.29 is 4.74 Å². The number of hydrogen-bond donors (Lipinski definition) is 0. The number of fused-ring (bicyclic) bond motifs is 4. The number of aryl methyl sites for hydroxylation is 4. The molecular weight excluding hydrogens is 400 g/mol. The Labute approximate surface area is 188 Å². The van der Waals surface area contributed by atoms with E-state index in [2.05, 4.69) is 88.9 Å². The summed E-state index contributed by atoms with van der Waals surface area (Å²) in [5.41, 5.74) is 8.38. The van der Waals surface area contributed by atoms with Gasteiger partial charge in [-0.15, -0.1) is 11.3 Å². The predicted octanol–water partition coefficient (Wildman–Crippen LogP) is 8.40. The van der Waals surface area contributed by atoms with Crippen molar-refractivity contribution >= 4 is 37.8 Å². The van der Waals surface area contributed by atoms with Gasteiger partial charge in [-0.2, -0.15) is 0 Å². The summed E-state index contributed by atoms with van der Waals surface area (Å²) in [6, 6.07) is 15.4. The molecule has 0 radical (unpaired) electrons. The van der Waals surface area contributed by atoms with Gasteiger partial charge < -0.3 is 4.74 Å². The Morgan fingerprint density at radius 2 is 1.61 bits per heavy atom. The van der Waals surface area contributed by atoms with Gasteiger partial charge in [0.1, 0.15) is 10.7 Å². The average molecular weight is 429 g/mol. The molecule has 0 saturated heterocycles. The molecule has 3 heterocycles. The number of pyridine rings is 1. The lowest BCUT2D eigenvalue weighted by Gasteiger charge is -2.33. The summed E-state index contributed by atoms with van der Waals surface area (Å²) in [6.45, 7) is 15.4. The number of thiophene rings is 1. The molecule has 2 aromatic carbocycles. The zero-order valence-corrected chi connectivity index (χ0v) is 20.1. The molecule has 5 rings (SSSR count). The highest BCUT2D eigenvalue weighted by Crippen LogP contribution is 2.57. The molecule has 31 heavy (non-hydrogen) atoms. The zero-order valence-electron chi connectivity index (χ0n) is 19.3. The van der Waals surface area contributed by atoms with E-state index >= 15 is 0 Å². The van der Waals surface area contributed by atoms with E-state index in [0.717, 1.165) is 27.5 Å². The van der Waals surface area contributed by atoms with E-state index < -0.39 is 0 Å². The number of anilines is 3. The van der Waals surface area contributed by atoms with Crippen molar-refractivity contribution in [3.05, 3.63) is 70.4 Å². The molecule has 1 aliphatic heterocycles. The molecule has 4 aromatic rings. The van der Waals surface area contributed by atoms with Crippen LogP contribution in [-0.4, -0.2) is 4.98 Å². The van der Waals surface area contributed by atoms with Gasteiger partial charge in [-0.1, -0.05) is 44.5 Å². The van der Waals surface area contributed by atoms with Gasteiger partial charge in [-0.05, 0) is 74.1 Å². The van der Waals surface area contributed by atoms with Gasteiger partial charge in [-0.25, -0.2) is 4.98 Å². The molecule has 0 N–H and O–H groups in total. The van der Waals surface area contributed by atoms with Crippen LogP contribution in [0.1, 0.15) is 48.7 Å². The molecule has 0 amide bonds. The third-order valence-electron chi connectivity index (χ3n) is 5.98. The molecule has 0 spiro atoms. The third-order valence-corrected chi connectivity index (χ3v) is 7.12. The maximum absolute atomic E-state index is 6.43. The fourth-order valence-electron chi connectivity index (χ4n) is 4.36. The van der Waals surface area contributed by atoms with E-state index in [-0.39, 0.29) is 5.41 Å². The first kappa shape index (κ1) is 20.1. The number of rotatable bonds is 1. The van der Waals surface area contributed by atoms with Crippen molar-refractivity contribution in [1.29, 1.82) is 0 Å². The van der Waals surface area contributed by atoms with Gasteiger partial charge >= 0.3 is 0 Å². The molecule has 3 nitrogen and oxygen atoms in total. The zero-order chi connectivity index (χ0) is 22.1. The topological polar surface area (TPSA) is 25.4 Å². The standard InChI is InChI=1S/C27H28N2OS/c1-15-8-11-22-20(12-15)24-26(31-22)29(21-10-9-18(4)28-25(21)30-24)23-16(2)13-19(14-17(23)3)27(5,6)7/h8-14H,1-7H3. The quantitative estimate of drug-likeness (QED) is 0.268. The second-order valence-electron chi connectivity index (χ2n) is 9.66. The minimum Gasteiger partial charge on any atom is -0.433 e. The lowest BCUT2D eigenvalue weighted by atomic mass is 9.84. The van der Waals surface area contributed by atoms with Crippen molar-refractivity contribution in [2.24, 2.45) is 0 Å². The van der Waals surface area contributed by atoms with Gasteiger partial charge in [0.15, 0.2) is 5.75 Å². The highest BCUT2D eigenvalue weighted by molar-refractivity contribution is 7.23. The summed E-state index contributed by atoms with van der Waals surface area (Å²) >= 11 is 1.78. The Balaban J connectivity index is 1.81. The van der Waals surface area contributed by atoms with E-state index in [4.69, 9.17) is 9.72 Å². The van der Waals surface area contributed by atoms with Crippen molar-refractivity contribution in [3.8, 4) is 11.6 Å². The van der Waals surface area contributed by atoms with Crippen LogP contribution in [0.25, 0.3) is 10.1 Å². The summed E-state index contributed by atoms with van der Waals surface area (Å²) in [6.07, 6.45) is 0. The molecule has 4 heteroatoms. The minimum absolute atomic E-state index is 0.107. The average Bonchev–Trinajstić information content (AvgIpc) is 3.03. The Morgan fingerprint density at radius 3 is 2.29 bits per heavy atom. The number of aromatic nitrogens is 1. The normalized spacial score (nSPS) is 13.2. The van der Waals surface area contributed by atoms with Crippen LogP contribution in [0.5, 0.6) is 11.6 Å². The molecule has 158 valence electrons. The summed E-state index contributed by atoms with van der Waals surface area (Å²) < 4.78 is 7.66. The Morgan fingerprint density at radius 1 is 0.903 bits per heavy atom. The first-order valence-corrected chi connectivity index (χ1v) is 11.6. The monoisotopic (exact) mass is 428 g/mol. The lowest BCUT2D eigenvalue weighted by molar-refractivity contribution is 0.463. The number of nitrogens with zero attached hydrogens (tertiary/aromatic N) is 2. The summed E-state index contributed by atoms with van der Waals surface area (Å²) in [5.74, 6) is 1.58. The summed E-state index contributed by atoms with van der Waals surface area (Å²) in [7, 11) is 0. The molecule has 0 bridgehead atoms. The predicted molar refractivity (Wildman–Crippen MR) is 132 cm³/mol. The summed E-state index contributed by atoms with van der Waals surface area (Å²) in [5, 5.41) is 2.27.